The van der Waals surface area contributed by atoms with E-state index in [-0.39, 0.29) is 0 Å². The predicted molar refractivity (Wildman–Crippen MR) is 186 cm³/mol. The van der Waals surface area contributed by atoms with Gasteiger partial charge < -0.3 is 0 Å². The molecule has 0 heteroatoms. The second kappa shape index (κ2) is 26.1. The molecule has 0 aromatic heterocycles. The lowest BCUT2D eigenvalue weighted by Crippen LogP contribution is -2.00. The zero-order valence-corrected chi connectivity index (χ0v) is 29.8. The Morgan fingerprint density at radius 1 is 0.375 bits per heavy atom. The van der Waals surface area contributed by atoms with Crippen molar-refractivity contribution in [3.63, 3.8) is 0 Å². The van der Waals surface area contributed by atoms with Crippen LogP contribution in [0.25, 0.3) is 0 Å². The molecule has 0 unspecified atom stereocenters. The van der Waals surface area contributed by atoms with E-state index in [1.54, 1.807) is 11.1 Å². The van der Waals surface area contributed by atoms with Gasteiger partial charge in [0.15, 0.2) is 0 Å². The van der Waals surface area contributed by atoms with Gasteiger partial charge in [-0.05, 0) is 87.9 Å². The van der Waals surface area contributed by atoms with Crippen molar-refractivity contribution in [2.24, 2.45) is 35.5 Å². The van der Waals surface area contributed by atoms with Gasteiger partial charge in [-0.2, -0.15) is 0 Å². The van der Waals surface area contributed by atoms with Crippen LogP contribution in [-0.4, -0.2) is 0 Å². The molecule has 0 aromatic rings. The first-order valence-electron chi connectivity index (χ1n) is 18.3. The number of allylic oxidation sites excluding steroid dienone is 4. The minimum atomic E-state index is 0.868. The first-order chi connectivity index (χ1) is 19.0. The third-order valence-electron chi connectivity index (χ3n) is 9.43. The van der Waals surface area contributed by atoms with Crippen molar-refractivity contribution >= 4 is 0 Å². The third kappa shape index (κ3) is 27.6. The van der Waals surface area contributed by atoms with Gasteiger partial charge in [-0.15, -0.1) is 0 Å². The Bertz CT molecular complexity index is 552. The molecule has 0 amide bonds. The SMILES string of the molecule is C/C(=C\CC/C=C(\C)CCC[C@H](C)CCC[C@H](C)CCCC(C)C)CCC[C@H](C)CCC[C@H](C)CCCC(C)C. The summed E-state index contributed by atoms with van der Waals surface area (Å²) < 4.78 is 0. The van der Waals surface area contributed by atoms with Gasteiger partial charge in [0.1, 0.15) is 0 Å². The highest BCUT2D eigenvalue weighted by Crippen LogP contribution is 2.24. The van der Waals surface area contributed by atoms with E-state index in [0.29, 0.717) is 0 Å². The van der Waals surface area contributed by atoms with Crippen molar-refractivity contribution in [1.82, 2.24) is 0 Å². The molecule has 0 aliphatic heterocycles. The summed E-state index contributed by atoms with van der Waals surface area (Å²) in [5.74, 6) is 5.37. The van der Waals surface area contributed by atoms with Crippen LogP contribution in [-0.2, 0) is 0 Å². The van der Waals surface area contributed by atoms with Crippen molar-refractivity contribution in [3.8, 4) is 0 Å². The van der Waals surface area contributed by atoms with Crippen LogP contribution in [0.15, 0.2) is 23.3 Å². The Morgan fingerprint density at radius 3 is 0.900 bits per heavy atom. The second-order valence-electron chi connectivity index (χ2n) is 15.4. The molecule has 40 heavy (non-hydrogen) atoms. The first-order valence-corrected chi connectivity index (χ1v) is 18.3. The molecule has 0 radical (unpaired) electrons. The maximum absolute atomic E-state index is 2.51. The number of unbranched alkanes of at least 4 members (excludes halogenated alkanes) is 1. The number of hydrogen-bond acceptors (Lipinski definition) is 0. The minimum absolute atomic E-state index is 0.868. The monoisotopic (exact) mass is 559 g/mol. The van der Waals surface area contributed by atoms with Gasteiger partial charge in [-0.25, -0.2) is 0 Å². The van der Waals surface area contributed by atoms with Gasteiger partial charge in [0.25, 0.3) is 0 Å². The zero-order valence-electron chi connectivity index (χ0n) is 29.8. The van der Waals surface area contributed by atoms with E-state index < -0.39 is 0 Å². The summed E-state index contributed by atoms with van der Waals surface area (Å²) in [6.45, 7) is 24.0. The van der Waals surface area contributed by atoms with E-state index in [9.17, 15) is 0 Å². The fraction of sp³-hybridized carbons (Fsp3) is 0.900. The minimum Gasteiger partial charge on any atom is -0.0853 e. The molecule has 0 saturated carbocycles. The van der Waals surface area contributed by atoms with Gasteiger partial charge in [0, 0.05) is 0 Å². The molecule has 238 valence electrons. The summed E-state index contributed by atoms with van der Waals surface area (Å²) in [4.78, 5) is 0. The lowest BCUT2D eigenvalue weighted by Gasteiger charge is -2.15. The molecule has 0 fully saturated rings. The number of hydrogen-bond donors (Lipinski definition) is 0. The van der Waals surface area contributed by atoms with Gasteiger partial charge >= 0.3 is 0 Å². The molecule has 0 aliphatic rings. The van der Waals surface area contributed by atoms with Crippen LogP contribution in [0.2, 0.25) is 0 Å². The standard InChI is InChI=1S/C40H78/c1-33(2)19-13-23-37(7)27-17-31-39(9)29-15-25-35(5)21-11-12-22-36(6)26-16-30-40(10)32-18-28-38(8)24-14-20-34(3)4/h21-22,33-34,37-40H,11-20,23-32H2,1-10H3/b35-21+,36-22+/t37-,38-,39+,40+/m1/s1. The van der Waals surface area contributed by atoms with Crippen molar-refractivity contribution < 1.29 is 0 Å². The maximum Gasteiger partial charge on any atom is -0.0313 e. The largest absolute Gasteiger partial charge is 0.0853 e. The molecule has 0 N–H and O–H groups in total. The van der Waals surface area contributed by atoms with E-state index in [0.717, 1.165) is 35.5 Å². The van der Waals surface area contributed by atoms with Gasteiger partial charge in [-0.1, -0.05) is 169 Å². The molecular weight excluding hydrogens is 480 g/mol. The third-order valence-corrected chi connectivity index (χ3v) is 9.43. The van der Waals surface area contributed by atoms with Crippen molar-refractivity contribution in [1.29, 1.82) is 0 Å². The number of rotatable bonds is 27. The molecule has 0 spiro atoms. The smallest absolute Gasteiger partial charge is 0.0313 e. The molecule has 0 bridgehead atoms. The maximum atomic E-state index is 2.51. The van der Waals surface area contributed by atoms with Crippen LogP contribution in [0.4, 0.5) is 0 Å². The Morgan fingerprint density at radius 2 is 0.625 bits per heavy atom. The Balaban J connectivity index is 3.81. The molecule has 0 aliphatic carbocycles. The van der Waals surface area contributed by atoms with E-state index in [4.69, 9.17) is 0 Å². The fourth-order valence-corrected chi connectivity index (χ4v) is 6.28. The average molecular weight is 559 g/mol. The Labute approximate surface area is 256 Å². The lowest BCUT2D eigenvalue weighted by molar-refractivity contribution is 0.389. The van der Waals surface area contributed by atoms with Crippen LogP contribution in [0, 0.1) is 35.5 Å². The molecule has 0 saturated heterocycles. The molecule has 4 atom stereocenters. The highest BCUT2D eigenvalue weighted by molar-refractivity contribution is 5.02. The summed E-state index contributed by atoms with van der Waals surface area (Å²) >= 11 is 0. The van der Waals surface area contributed by atoms with Gasteiger partial charge in [0.05, 0.1) is 0 Å². The molecule has 0 aromatic carbocycles. The highest BCUT2D eigenvalue weighted by atomic mass is 14.1. The molecule has 0 nitrogen and oxygen atoms in total. The van der Waals surface area contributed by atoms with E-state index in [2.05, 4.69) is 81.4 Å². The summed E-state index contributed by atoms with van der Waals surface area (Å²) in [5.41, 5.74) is 3.22. The predicted octanol–water partition coefficient (Wildman–Crippen LogP) is 14.5. The summed E-state index contributed by atoms with van der Waals surface area (Å²) in [6, 6.07) is 0. The molecule has 0 rings (SSSR count). The Kier molecular flexibility index (Phi) is 25.8. The average Bonchev–Trinajstić information content (AvgIpc) is 2.86. The van der Waals surface area contributed by atoms with E-state index in [1.807, 2.05) is 0 Å². The van der Waals surface area contributed by atoms with Gasteiger partial charge in [-0.3, -0.25) is 0 Å². The van der Waals surface area contributed by atoms with E-state index in [1.165, 1.54) is 128 Å². The topological polar surface area (TPSA) is 0 Å². The van der Waals surface area contributed by atoms with Crippen molar-refractivity contribution in [2.75, 3.05) is 0 Å². The fourth-order valence-electron chi connectivity index (χ4n) is 6.28. The van der Waals surface area contributed by atoms with Crippen LogP contribution in [0.3, 0.4) is 0 Å². The normalized spacial score (nSPS) is 16.1. The quantitative estimate of drug-likeness (QED) is 0.0694. The lowest BCUT2D eigenvalue weighted by atomic mass is 9.91. The van der Waals surface area contributed by atoms with Crippen LogP contribution in [0.5, 0.6) is 0 Å². The van der Waals surface area contributed by atoms with Crippen molar-refractivity contribution in [2.45, 2.75) is 198 Å². The van der Waals surface area contributed by atoms with Crippen molar-refractivity contribution in [3.05, 3.63) is 23.3 Å². The summed E-state index contributed by atoms with van der Waals surface area (Å²) in [5, 5.41) is 0. The highest BCUT2D eigenvalue weighted by Gasteiger charge is 2.08. The van der Waals surface area contributed by atoms with Crippen LogP contribution in [0.1, 0.15) is 198 Å². The molecular formula is C40H78. The van der Waals surface area contributed by atoms with Crippen LogP contribution >= 0.6 is 0 Å². The summed E-state index contributed by atoms with van der Waals surface area (Å²) in [7, 11) is 0. The molecule has 0 heterocycles. The van der Waals surface area contributed by atoms with E-state index >= 15 is 0 Å². The first kappa shape index (κ1) is 39.5. The zero-order chi connectivity index (χ0) is 30.2. The summed E-state index contributed by atoms with van der Waals surface area (Å²) in [6.07, 6.45) is 32.7. The second-order valence-corrected chi connectivity index (χ2v) is 15.4. The van der Waals surface area contributed by atoms with Crippen LogP contribution < -0.4 is 0 Å². The Hall–Kier alpha value is -0.520. The van der Waals surface area contributed by atoms with Gasteiger partial charge in [0.2, 0.25) is 0 Å².